The quantitative estimate of drug-likeness (QED) is 0.349. The van der Waals surface area contributed by atoms with Gasteiger partial charge in [-0.15, -0.1) is 11.6 Å². The lowest BCUT2D eigenvalue weighted by molar-refractivity contribution is 0.485. The molecule has 3 rings (SSSR count). The molecule has 0 saturated heterocycles. The van der Waals surface area contributed by atoms with Crippen molar-refractivity contribution in [1.29, 1.82) is 0 Å². The van der Waals surface area contributed by atoms with Crippen molar-refractivity contribution in [2.45, 2.75) is 15.7 Å². The van der Waals surface area contributed by atoms with E-state index in [0.717, 1.165) is 18.4 Å². The van der Waals surface area contributed by atoms with E-state index in [0.29, 0.717) is 10.9 Å². The van der Waals surface area contributed by atoms with Crippen LogP contribution in [0.4, 0.5) is 0 Å². The SMILES string of the molecule is CS(=O)(=O)c1ccc(S(=O)(=O)Oc2ccc3c(CCl)cc(=O)oc3c2)cc1. The number of hydrogen-bond acceptors (Lipinski definition) is 7. The van der Waals surface area contributed by atoms with Crippen molar-refractivity contribution >= 4 is 42.5 Å². The first-order chi connectivity index (χ1) is 12.6. The fraction of sp³-hybridized carbons (Fsp3) is 0.118. The van der Waals surface area contributed by atoms with Crippen LogP contribution in [0.1, 0.15) is 5.56 Å². The lowest BCUT2D eigenvalue weighted by Crippen LogP contribution is -2.10. The van der Waals surface area contributed by atoms with E-state index >= 15 is 0 Å². The molecule has 0 fully saturated rings. The van der Waals surface area contributed by atoms with Crippen LogP contribution in [0.2, 0.25) is 0 Å². The Hall–Kier alpha value is -2.36. The smallest absolute Gasteiger partial charge is 0.339 e. The highest BCUT2D eigenvalue weighted by Crippen LogP contribution is 2.26. The Balaban J connectivity index is 1.97. The molecule has 0 unspecified atom stereocenters. The van der Waals surface area contributed by atoms with Crippen LogP contribution in [0, 0.1) is 0 Å². The first-order valence-corrected chi connectivity index (χ1v) is 11.3. The first-order valence-electron chi connectivity index (χ1n) is 7.47. The van der Waals surface area contributed by atoms with E-state index in [4.69, 9.17) is 20.2 Å². The second-order valence-electron chi connectivity index (χ2n) is 5.66. The van der Waals surface area contributed by atoms with Gasteiger partial charge < -0.3 is 8.60 Å². The number of sulfone groups is 1. The zero-order valence-corrected chi connectivity index (χ0v) is 16.3. The fourth-order valence-corrected chi connectivity index (χ4v) is 4.18. The molecule has 2 aromatic carbocycles. The van der Waals surface area contributed by atoms with Crippen LogP contribution >= 0.6 is 11.6 Å². The monoisotopic (exact) mass is 428 g/mol. The molecular formula is C17H13ClO7S2. The van der Waals surface area contributed by atoms with Gasteiger partial charge in [-0.3, -0.25) is 0 Å². The van der Waals surface area contributed by atoms with Crippen molar-refractivity contribution in [3.8, 4) is 5.75 Å². The van der Waals surface area contributed by atoms with Gasteiger partial charge in [-0.25, -0.2) is 13.2 Å². The van der Waals surface area contributed by atoms with Crippen LogP contribution in [0.5, 0.6) is 5.75 Å². The summed E-state index contributed by atoms with van der Waals surface area (Å²) in [6, 6.07) is 10.1. The third-order valence-electron chi connectivity index (χ3n) is 3.69. The molecule has 0 bridgehead atoms. The third-order valence-corrected chi connectivity index (χ3v) is 6.37. The molecule has 3 aromatic rings. The van der Waals surface area contributed by atoms with Crippen molar-refractivity contribution in [2.75, 3.05) is 6.26 Å². The van der Waals surface area contributed by atoms with Crippen LogP contribution in [0.25, 0.3) is 11.0 Å². The minimum Gasteiger partial charge on any atom is -0.423 e. The van der Waals surface area contributed by atoms with Gasteiger partial charge in [0.25, 0.3) is 0 Å². The lowest BCUT2D eigenvalue weighted by Gasteiger charge is -2.09. The summed E-state index contributed by atoms with van der Waals surface area (Å²) in [6.45, 7) is 0. The zero-order valence-electron chi connectivity index (χ0n) is 13.9. The minimum atomic E-state index is -4.21. The van der Waals surface area contributed by atoms with Gasteiger partial charge in [0.15, 0.2) is 9.84 Å². The number of halogens is 1. The number of rotatable bonds is 5. The fourth-order valence-electron chi connectivity index (χ4n) is 2.40. The Kier molecular flexibility index (Phi) is 5.02. The molecule has 0 amide bonds. The number of hydrogen-bond donors (Lipinski definition) is 0. The highest BCUT2D eigenvalue weighted by molar-refractivity contribution is 7.90. The normalized spacial score (nSPS) is 12.2. The zero-order chi connectivity index (χ0) is 19.8. The molecule has 1 heterocycles. The molecule has 0 saturated carbocycles. The van der Waals surface area contributed by atoms with E-state index < -0.39 is 25.6 Å². The van der Waals surface area contributed by atoms with Gasteiger partial charge in [-0.2, -0.15) is 8.42 Å². The van der Waals surface area contributed by atoms with E-state index in [9.17, 15) is 21.6 Å². The molecule has 27 heavy (non-hydrogen) atoms. The van der Waals surface area contributed by atoms with E-state index in [1.807, 2.05) is 0 Å². The Morgan fingerprint density at radius 1 is 0.963 bits per heavy atom. The summed E-state index contributed by atoms with van der Waals surface area (Å²) in [7, 11) is -7.66. The molecular weight excluding hydrogens is 416 g/mol. The summed E-state index contributed by atoms with van der Waals surface area (Å²) in [6.07, 6.45) is 1.02. The average molecular weight is 429 g/mol. The standard InChI is InChI=1S/C17H13ClO7S2/c1-26(20,21)13-3-5-14(6-4-13)27(22,23)25-12-2-7-15-11(10-18)8-17(19)24-16(15)9-12/h2-9H,10H2,1H3. The minimum absolute atomic E-state index is 0.0115. The maximum Gasteiger partial charge on any atom is 0.339 e. The summed E-state index contributed by atoms with van der Waals surface area (Å²) in [5, 5.41) is 0.562. The van der Waals surface area contributed by atoms with Crippen molar-refractivity contribution < 1.29 is 25.4 Å². The Morgan fingerprint density at radius 2 is 1.59 bits per heavy atom. The predicted molar refractivity (Wildman–Crippen MR) is 99.4 cm³/mol. The van der Waals surface area contributed by atoms with E-state index in [1.54, 1.807) is 0 Å². The maximum absolute atomic E-state index is 12.4. The number of alkyl halides is 1. The van der Waals surface area contributed by atoms with Gasteiger partial charge in [0.05, 0.1) is 4.90 Å². The summed E-state index contributed by atoms with van der Waals surface area (Å²) in [4.78, 5) is 11.3. The largest absolute Gasteiger partial charge is 0.423 e. The Labute approximate surface area is 160 Å². The lowest BCUT2D eigenvalue weighted by atomic mass is 10.1. The van der Waals surface area contributed by atoms with E-state index in [-0.39, 0.29) is 27.0 Å². The summed E-state index contributed by atoms with van der Waals surface area (Å²) < 4.78 is 57.9. The van der Waals surface area contributed by atoms with E-state index in [1.165, 1.54) is 36.4 Å². The molecule has 0 aliphatic carbocycles. The van der Waals surface area contributed by atoms with Crippen LogP contribution in [0.15, 0.2) is 67.5 Å². The van der Waals surface area contributed by atoms with Gasteiger partial charge >= 0.3 is 15.7 Å². The molecule has 0 atom stereocenters. The second-order valence-corrected chi connectivity index (χ2v) is 9.49. The van der Waals surface area contributed by atoms with Crippen LogP contribution in [-0.4, -0.2) is 23.1 Å². The molecule has 1 aromatic heterocycles. The van der Waals surface area contributed by atoms with Gasteiger partial charge in [0.2, 0.25) is 0 Å². The van der Waals surface area contributed by atoms with E-state index in [2.05, 4.69) is 0 Å². The summed E-state index contributed by atoms with van der Waals surface area (Å²) in [5.41, 5.74) is 0.0708. The van der Waals surface area contributed by atoms with Crippen molar-refractivity contribution in [2.24, 2.45) is 0 Å². The highest BCUT2D eigenvalue weighted by Gasteiger charge is 2.19. The maximum atomic E-state index is 12.4. The van der Waals surface area contributed by atoms with Gasteiger partial charge in [0, 0.05) is 29.7 Å². The average Bonchev–Trinajstić information content (AvgIpc) is 2.59. The molecule has 0 spiro atoms. The molecule has 0 aliphatic rings. The van der Waals surface area contributed by atoms with Crippen LogP contribution in [-0.2, 0) is 25.8 Å². The highest BCUT2D eigenvalue weighted by atomic mass is 35.5. The number of benzene rings is 2. The van der Waals surface area contributed by atoms with Gasteiger partial charge in [0.1, 0.15) is 16.2 Å². The molecule has 7 nitrogen and oxygen atoms in total. The topological polar surface area (TPSA) is 108 Å². The summed E-state index contributed by atoms with van der Waals surface area (Å²) >= 11 is 5.80. The molecule has 0 N–H and O–H groups in total. The van der Waals surface area contributed by atoms with Crippen molar-refractivity contribution in [1.82, 2.24) is 0 Å². The molecule has 142 valence electrons. The van der Waals surface area contributed by atoms with Crippen LogP contribution < -0.4 is 9.81 Å². The van der Waals surface area contributed by atoms with Crippen LogP contribution in [0.3, 0.4) is 0 Å². The van der Waals surface area contributed by atoms with Crippen molar-refractivity contribution in [3.63, 3.8) is 0 Å². The first kappa shape index (κ1) is 19.4. The Bertz CT molecular complexity index is 1280. The summed E-state index contributed by atoms with van der Waals surface area (Å²) in [5.74, 6) is 0.0253. The van der Waals surface area contributed by atoms with Gasteiger partial charge in [-0.1, -0.05) is 0 Å². The van der Waals surface area contributed by atoms with Crippen molar-refractivity contribution in [3.05, 3.63) is 64.5 Å². The Morgan fingerprint density at radius 3 is 2.19 bits per heavy atom. The molecule has 10 heteroatoms. The second kappa shape index (κ2) is 6.99. The molecule has 0 aliphatic heterocycles. The third kappa shape index (κ3) is 4.15. The van der Waals surface area contributed by atoms with Gasteiger partial charge in [-0.05, 0) is 42.0 Å². The predicted octanol–water partition coefficient (Wildman–Crippen LogP) is 2.70. The molecule has 0 radical (unpaired) electrons. The number of fused-ring (bicyclic) bond motifs is 1.